The zero-order valence-electron chi connectivity index (χ0n) is 10.6. The number of para-hydroxylation sites is 1. The Morgan fingerprint density at radius 1 is 1.13 bits per heavy atom. The van der Waals surface area contributed by atoms with E-state index >= 15 is 0 Å². The molecule has 0 radical (unpaired) electrons. The van der Waals surface area contributed by atoms with E-state index in [1.807, 2.05) is 18.2 Å². The first-order valence-electron chi connectivity index (χ1n) is 5.95. The molecular weight excluding hydrogens is 182 g/mol. The van der Waals surface area contributed by atoms with Gasteiger partial charge in [-0.15, -0.1) is 0 Å². The van der Waals surface area contributed by atoms with Crippen molar-refractivity contribution in [1.82, 2.24) is 0 Å². The van der Waals surface area contributed by atoms with Crippen LogP contribution in [0.25, 0.3) is 0 Å². The van der Waals surface area contributed by atoms with Gasteiger partial charge in [-0.1, -0.05) is 58.7 Å². The van der Waals surface area contributed by atoms with Crippen molar-refractivity contribution in [3.63, 3.8) is 0 Å². The Morgan fingerprint density at radius 2 is 1.67 bits per heavy atom. The molecule has 0 aliphatic carbocycles. The second kappa shape index (κ2) is 8.34. The number of anilines is 1. The van der Waals surface area contributed by atoms with Gasteiger partial charge in [0.15, 0.2) is 0 Å². The topological polar surface area (TPSA) is 26.0 Å². The molecule has 0 aliphatic heterocycles. The van der Waals surface area contributed by atoms with Crippen LogP contribution in [0.4, 0.5) is 5.69 Å². The number of aryl methyl sites for hydroxylation is 1. The molecule has 0 aliphatic rings. The summed E-state index contributed by atoms with van der Waals surface area (Å²) in [4.78, 5) is 0. The first-order valence-corrected chi connectivity index (χ1v) is 5.95. The van der Waals surface area contributed by atoms with E-state index in [1.54, 1.807) is 0 Å². The van der Waals surface area contributed by atoms with Crippen LogP contribution in [-0.4, -0.2) is 0 Å². The van der Waals surface area contributed by atoms with Crippen molar-refractivity contribution in [2.75, 3.05) is 5.73 Å². The predicted octanol–water partition coefficient (Wildman–Crippen LogP) is 4.27. The zero-order valence-corrected chi connectivity index (χ0v) is 10.6. The van der Waals surface area contributed by atoms with E-state index < -0.39 is 0 Å². The van der Waals surface area contributed by atoms with E-state index in [4.69, 9.17) is 5.73 Å². The molecule has 2 N–H and O–H groups in total. The van der Waals surface area contributed by atoms with Crippen molar-refractivity contribution in [1.29, 1.82) is 0 Å². The van der Waals surface area contributed by atoms with Gasteiger partial charge in [-0.3, -0.25) is 0 Å². The number of hydrogen-bond acceptors (Lipinski definition) is 1. The molecule has 0 heterocycles. The van der Waals surface area contributed by atoms with Crippen molar-refractivity contribution in [3.05, 3.63) is 29.8 Å². The second-order valence-corrected chi connectivity index (χ2v) is 4.25. The molecule has 0 amide bonds. The van der Waals surface area contributed by atoms with Gasteiger partial charge in [0.25, 0.3) is 0 Å². The van der Waals surface area contributed by atoms with Crippen LogP contribution in [0.5, 0.6) is 0 Å². The zero-order chi connectivity index (χ0) is 11.7. The lowest BCUT2D eigenvalue weighted by molar-refractivity contribution is 0.626. The Labute approximate surface area is 94.7 Å². The molecule has 1 aromatic carbocycles. The first kappa shape index (κ1) is 14.0. The molecule has 1 heteroatoms. The SMILES string of the molecule is CCC(C)C.CCCc1ccccc1N. The van der Waals surface area contributed by atoms with Gasteiger partial charge in [-0.2, -0.15) is 0 Å². The Hall–Kier alpha value is -0.980. The molecule has 1 nitrogen and oxygen atoms in total. The molecule has 0 atom stereocenters. The summed E-state index contributed by atoms with van der Waals surface area (Å²) >= 11 is 0. The molecule has 0 saturated carbocycles. The third-order valence-electron chi connectivity index (χ3n) is 2.39. The molecule has 0 saturated heterocycles. The molecule has 1 rings (SSSR count). The van der Waals surface area contributed by atoms with E-state index in [9.17, 15) is 0 Å². The van der Waals surface area contributed by atoms with Crippen LogP contribution in [0.1, 0.15) is 46.1 Å². The maximum absolute atomic E-state index is 5.71. The Morgan fingerprint density at radius 3 is 2.07 bits per heavy atom. The van der Waals surface area contributed by atoms with E-state index in [0.717, 1.165) is 24.4 Å². The molecule has 15 heavy (non-hydrogen) atoms. The van der Waals surface area contributed by atoms with Crippen molar-refractivity contribution in [2.45, 2.75) is 47.0 Å². The number of nitrogen functional groups attached to an aromatic ring is 1. The highest BCUT2D eigenvalue weighted by Crippen LogP contribution is 2.11. The van der Waals surface area contributed by atoms with Crippen LogP contribution >= 0.6 is 0 Å². The van der Waals surface area contributed by atoms with Crippen molar-refractivity contribution in [3.8, 4) is 0 Å². The molecule has 0 aromatic heterocycles. The largest absolute Gasteiger partial charge is 0.399 e. The predicted molar refractivity (Wildman–Crippen MR) is 70.0 cm³/mol. The van der Waals surface area contributed by atoms with Crippen LogP contribution in [0.3, 0.4) is 0 Å². The molecule has 0 spiro atoms. The molecule has 0 unspecified atom stereocenters. The lowest BCUT2D eigenvalue weighted by Gasteiger charge is -2.01. The highest BCUT2D eigenvalue weighted by molar-refractivity contribution is 5.46. The van der Waals surface area contributed by atoms with Crippen LogP contribution in [0, 0.1) is 5.92 Å². The van der Waals surface area contributed by atoms with Crippen LogP contribution < -0.4 is 5.73 Å². The third-order valence-corrected chi connectivity index (χ3v) is 2.39. The van der Waals surface area contributed by atoms with Crippen LogP contribution in [0.2, 0.25) is 0 Å². The fraction of sp³-hybridized carbons (Fsp3) is 0.571. The number of nitrogens with two attached hydrogens (primary N) is 1. The Bertz CT molecular complexity index is 253. The minimum atomic E-state index is 0.884. The summed E-state index contributed by atoms with van der Waals surface area (Å²) in [6.45, 7) is 8.80. The summed E-state index contributed by atoms with van der Waals surface area (Å²) in [6.07, 6.45) is 3.56. The maximum Gasteiger partial charge on any atom is 0.0346 e. The first-order chi connectivity index (χ1) is 7.11. The summed E-state index contributed by atoms with van der Waals surface area (Å²) in [6, 6.07) is 8.03. The van der Waals surface area contributed by atoms with Gasteiger partial charge in [-0.25, -0.2) is 0 Å². The van der Waals surface area contributed by atoms with Gasteiger partial charge in [-0.05, 0) is 24.0 Å². The number of hydrogen-bond donors (Lipinski definition) is 1. The summed E-state index contributed by atoms with van der Waals surface area (Å²) in [5, 5.41) is 0. The highest BCUT2D eigenvalue weighted by Gasteiger charge is 1.93. The monoisotopic (exact) mass is 207 g/mol. The normalized spacial score (nSPS) is 9.67. The summed E-state index contributed by atoms with van der Waals surface area (Å²) < 4.78 is 0. The summed E-state index contributed by atoms with van der Waals surface area (Å²) in [5.74, 6) is 0.884. The fourth-order valence-corrected chi connectivity index (χ4v) is 1.03. The van der Waals surface area contributed by atoms with Gasteiger partial charge in [0.2, 0.25) is 0 Å². The van der Waals surface area contributed by atoms with Gasteiger partial charge < -0.3 is 5.73 Å². The van der Waals surface area contributed by atoms with E-state index in [2.05, 4.69) is 33.8 Å². The molecule has 0 bridgehead atoms. The third kappa shape index (κ3) is 7.01. The summed E-state index contributed by atoms with van der Waals surface area (Å²) in [7, 11) is 0. The number of benzene rings is 1. The van der Waals surface area contributed by atoms with Crippen LogP contribution in [-0.2, 0) is 6.42 Å². The van der Waals surface area contributed by atoms with E-state index in [1.165, 1.54) is 12.0 Å². The molecule has 1 aromatic rings. The lowest BCUT2D eigenvalue weighted by Crippen LogP contribution is -1.92. The van der Waals surface area contributed by atoms with E-state index in [-0.39, 0.29) is 0 Å². The average Bonchev–Trinajstić information content (AvgIpc) is 2.23. The van der Waals surface area contributed by atoms with Gasteiger partial charge in [0, 0.05) is 5.69 Å². The molecule has 0 fully saturated rings. The second-order valence-electron chi connectivity index (χ2n) is 4.25. The van der Waals surface area contributed by atoms with Crippen molar-refractivity contribution >= 4 is 5.69 Å². The van der Waals surface area contributed by atoms with Gasteiger partial charge >= 0.3 is 0 Å². The van der Waals surface area contributed by atoms with Gasteiger partial charge in [0.05, 0.1) is 0 Å². The quantitative estimate of drug-likeness (QED) is 0.736. The molecule has 86 valence electrons. The Balaban J connectivity index is 0.000000336. The van der Waals surface area contributed by atoms with Crippen LogP contribution in [0.15, 0.2) is 24.3 Å². The fourth-order valence-electron chi connectivity index (χ4n) is 1.03. The van der Waals surface area contributed by atoms with E-state index in [0.29, 0.717) is 0 Å². The van der Waals surface area contributed by atoms with Crippen molar-refractivity contribution in [2.24, 2.45) is 5.92 Å². The maximum atomic E-state index is 5.71. The highest BCUT2D eigenvalue weighted by atomic mass is 14.6. The Kier molecular flexibility index (Phi) is 7.79. The lowest BCUT2D eigenvalue weighted by atomic mass is 10.1. The molecular formula is C14H25N. The smallest absolute Gasteiger partial charge is 0.0346 e. The standard InChI is InChI=1S/C9H13N.C5H12/c1-2-5-8-6-3-4-7-9(8)10;1-4-5(2)3/h3-4,6-7H,2,5,10H2,1H3;5H,4H2,1-3H3. The average molecular weight is 207 g/mol. The van der Waals surface area contributed by atoms with Crippen molar-refractivity contribution < 1.29 is 0 Å². The van der Waals surface area contributed by atoms with Gasteiger partial charge in [0.1, 0.15) is 0 Å². The minimum absolute atomic E-state index is 0.884. The number of rotatable bonds is 3. The minimum Gasteiger partial charge on any atom is -0.399 e. The summed E-state index contributed by atoms with van der Waals surface area (Å²) in [5.41, 5.74) is 7.90.